The molecule has 1 aliphatic heterocycles. The van der Waals surface area contributed by atoms with E-state index >= 15 is 0 Å². The van der Waals surface area contributed by atoms with Crippen LogP contribution in [0.4, 0.5) is 0 Å². The molecule has 2 rings (SSSR count). The second-order valence-electron chi connectivity index (χ2n) is 5.54. The number of likely N-dealkylation sites (tertiary alicyclic amines) is 1. The van der Waals surface area contributed by atoms with Gasteiger partial charge in [-0.05, 0) is 31.7 Å². The first-order chi connectivity index (χ1) is 9.13. The Morgan fingerprint density at radius 1 is 1.32 bits per heavy atom. The van der Waals surface area contributed by atoms with Crippen LogP contribution in [0.25, 0.3) is 0 Å². The first-order valence-electron chi connectivity index (χ1n) is 6.86. The van der Waals surface area contributed by atoms with Gasteiger partial charge in [0.15, 0.2) is 0 Å². The Kier molecular flexibility index (Phi) is 4.21. The van der Waals surface area contributed by atoms with Crippen molar-refractivity contribution in [1.29, 1.82) is 5.26 Å². The fourth-order valence-corrected chi connectivity index (χ4v) is 2.42. The summed E-state index contributed by atoms with van der Waals surface area (Å²) in [6.45, 7) is 3.42. The first-order valence-corrected chi connectivity index (χ1v) is 6.86. The van der Waals surface area contributed by atoms with E-state index in [1.54, 1.807) is 0 Å². The summed E-state index contributed by atoms with van der Waals surface area (Å²) in [6, 6.07) is 12.4. The molecule has 0 aromatic heterocycles. The predicted molar refractivity (Wildman–Crippen MR) is 74.3 cm³/mol. The zero-order valence-corrected chi connectivity index (χ0v) is 11.4. The third-order valence-electron chi connectivity index (χ3n) is 3.96. The molecule has 0 saturated carbocycles. The molecule has 1 aliphatic rings. The minimum atomic E-state index is -0.240. The van der Waals surface area contributed by atoms with Gasteiger partial charge in [-0.2, -0.15) is 5.26 Å². The molecular weight excluding hydrogens is 236 g/mol. The number of rotatable bonds is 3. The fraction of sp³-hybridized carbons (Fsp3) is 0.500. The number of carbonyl (C=O) groups excluding carboxylic acids is 1. The topological polar surface area (TPSA) is 44.1 Å². The van der Waals surface area contributed by atoms with Crippen molar-refractivity contribution in [2.24, 2.45) is 5.41 Å². The number of aryl methyl sites for hydroxylation is 1. The lowest BCUT2D eigenvalue weighted by atomic mass is 9.82. The molecule has 1 aromatic rings. The number of piperidine rings is 1. The standard InChI is InChI=1S/C16H20N2O/c1-16(13-17)9-11-18(12-10-16)15(19)8-7-14-5-3-2-4-6-14/h2-6H,7-12H2,1H3. The van der Waals surface area contributed by atoms with Crippen LogP contribution in [0.5, 0.6) is 0 Å². The maximum absolute atomic E-state index is 12.1. The minimum Gasteiger partial charge on any atom is -0.343 e. The molecule has 1 saturated heterocycles. The summed E-state index contributed by atoms with van der Waals surface area (Å²) >= 11 is 0. The number of benzene rings is 1. The maximum atomic E-state index is 12.1. The average Bonchev–Trinajstić information content (AvgIpc) is 2.47. The number of nitrogens with zero attached hydrogens (tertiary/aromatic N) is 2. The van der Waals surface area contributed by atoms with Crippen molar-refractivity contribution in [3.63, 3.8) is 0 Å². The highest BCUT2D eigenvalue weighted by Crippen LogP contribution is 2.29. The van der Waals surface area contributed by atoms with Crippen LogP contribution < -0.4 is 0 Å². The smallest absolute Gasteiger partial charge is 0.222 e. The lowest BCUT2D eigenvalue weighted by Crippen LogP contribution is -2.41. The summed E-state index contributed by atoms with van der Waals surface area (Å²) in [5.41, 5.74) is 0.964. The molecule has 1 heterocycles. The molecule has 1 aromatic carbocycles. The SMILES string of the molecule is CC1(C#N)CCN(C(=O)CCc2ccccc2)CC1. The zero-order valence-electron chi connectivity index (χ0n) is 11.4. The van der Waals surface area contributed by atoms with Crippen LogP contribution in [0.15, 0.2) is 30.3 Å². The van der Waals surface area contributed by atoms with Crippen LogP contribution in [-0.4, -0.2) is 23.9 Å². The van der Waals surface area contributed by atoms with Crippen molar-refractivity contribution in [3.8, 4) is 6.07 Å². The average molecular weight is 256 g/mol. The van der Waals surface area contributed by atoms with Crippen LogP contribution in [0, 0.1) is 16.7 Å². The van der Waals surface area contributed by atoms with Gasteiger partial charge in [-0.25, -0.2) is 0 Å². The molecule has 3 nitrogen and oxygen atoms in total. The molecule has 0 spiro atoms. The van der Waals surface area contributed by atoms with Crippen molar-refractivity contribution in [1.82, 2.24) is 4.90 Å². The van der Waals surface area contributed by atoms with E-state index in [1.165, 1.54) is 5.56 Å². The van der Waals surface area contributed by atoms with Gasteiger partial charge in [0.05, 0.1) is 11.5 Å². The van der Waals surface area contributed by atoms with Crippen LogP contribution in [0.1, 0.15) is 31.7 Å². The van der Waals surface area contributed by atoms with Gasteiger partial charge in [-0.15, -0.1) is 0 Å². The molecule has 1 amide bonds. The number of hydrogen-bond donors (Lipinski definition) is 0. The van der Waals surface area contributed by atoms with Gasteiger partial charge >= 0.3 is 0 Å². The number of hydrogen-bond acceptors (Lipinski definition) is 2. The van der Waals surface area contributed by atoms with Gasteiger partial charge in [0.25, 0.3) is 0 Å². The number of carbonyl (C=O) groups is 1. The Labute approximate surface area is 114 Å². The molecule has 0 unspecified atom stereocenters. The van der Waals surface area contributed by atoms with E-state index in [0.29, 0.717) is 6.42 Å². The van der Waals surface area contributed by atoms with E-state index in [2.05, 4.69) is 18.2 Å². The lowest BCUT2D eigenvalue weighted by Gasteiger charge is -2.35. The highest BCUT2D eigenvalue weighted by atomic mass is 16.2. The Morgan fingerprint density at radius 3 is 2.53 bits per heavy atom. The zero-order chi connectivity index (χ0) is 13.7. The molecule has 0 radical (unpaired) electrons. The molecule has 0 bridgehead atoms. The van der Waals surface area contributed by atoms with E-state index in [9.17, 15) is 4.79 Å². The molecular formula is C16H20N2O. The van der Waals surface area contributed by atoms with Gasteiger partial charge in [-0.3, -0.25) is 4.79 Å². The van der Waals surface area contributed by atoms with Crippen LogP contribution >= 0.6 is 0 Å². The van der Waals surface area contributed by atoms with E-state index in [4.69, 9.17) is 5.26 Å². The Morgan fingerprint density at radius 2 is 1.95 bits per heavy atom. The van der Waals surface area contributed by atoms with Crippen molar-refractivity contribution < 1.29 is 4.79 Å². The fourth-order valence-electron chi connectivity index (χ4n) is 2.42. The lowest BCUT2D eigenvalue weighted by molar-refractivity contribution is -0.132. The van der Waals surface area contributed by atoms with Gasteiger partial charge in [0, 0.05) is 19.5 Å². The Bertz CT molecular complexity index is 467. The van der Waals surface area contributed by atoms with Crippen LogP contribution in [0.2, 0.25) is 0 Å². The summed E-state index contributed by atoms with van der Waals surface area (Å²) in [6.07, 6.45) is 2.94. The van der Waals surface area contributed by atoms with E-state index in [0.717, 1.165) is 32.4 Å². The molecule has 19 heavy (non-hydrogen) atoms. The third kappa shape index (κ3) is 3.57. The second kappa shape index (κ2) is 5.88. The van der Waals surface area contributed by atoms with Crippen molar-refractivity contribution in [2.75, 3.05) is 13.1 Å². The molecule has 3 heteroatoms. The summed E-state index contributed by atoms with van der Waals surface area (Å²) in [5, 5.41) is 9.07. The van der Waals surface area contributed by atoms with Crippen molar-refractivity contribution in [2.45, 2.75) is 32.6 Å². The third-order valence-corrected chi connectivity index (χ3v) is 3.96. The second-order valence-corrected chi connectivity index (χ2v) is 5.54. The van der Waals surface area contributed by atoms with Crippen molar-refractivity contribution >= 4 is 5.91 Å². The van der Waals surface area contributed by atoms with Gasteiger partial charge in [-0.1, -0.05) is 30.3 Å². The molecule has 0 N–H and O–H groups in total. The van der Waals surface area contributed by atoms with Gasteiger partial charge in [0.1, 0.15) is 0 Å². The van der Waals surface area contributed by atoms with E-state index in [-0.39, 0.29) is 11.3 Å². The number of nitriles is 1. The molecule has 0 aliphatic carbocycles. The monoisotopic (exact) mass is 256 g/mol. The van der Waals surface area contributed by atoms with E-state index < -0.39 is 0 Å². The number of amides is 1. The summed E-state index contributed by atoms with van der Waals surface area (Å²) in [5.74, 6) is 0.212. The quantitative estimate of drug-likeness (QED) is 0.834. The summed E-state index contributed by atoms with van der Waals surface area (Å²) in [4.78, 5) is 14.0. The normalized spacial score (nSPS) is 17.8. The van der Waals surface area contributed by atoms with Crippen LogP contribution in [-0.2, 0) is 11.2 Å². The summed E-state index contributed by atoms with van der Waals surface area (Å²) < 4.78 is 0. The first kappa shape index (κ1) is 13.6. The van der Waals surface area contributed by atoms with Gasteiger partial charge < -0.3 is 4.90 Å². The Balaban J connectivity index is 1.81. The highest BCUT2D eigenvalue weighted by Gasteiger charge is 2.31. The predicted octanol–water partition coefficient (Wildman–Crippen LogP) is 2.77. The minimum absolute atomic E-state index is 0.212. The molecule has 0 atom stereocenters. The largest absolute Gasteiger partial charge is 0.343 e. The van der Waals surface area contributed by atoms with Gasteiger partial charge in [0.2, 0.25) is 5.91 Å². The molecule has 100 valence electrons. The molecule has 1 fully saturated rings. The maximum Gasteiger partial charge on any atom is 0.222 e. The van der Waals surface area contributed by atoms with Crippen LogP contribution in [0.3, 0.4) is 0 Å². The van der Waals surface area contributed by atoms with E-state index in [1.807, 2.05) is 30.0 Å². The van der Waals surface area contributed by atoms with Crippen molar-refractivity contribution in [3.05, 3.63) is 35.9 Å². The Hall–Kier alpha value is -1.82. The highest BCUT2D eigenvalue weighted by molar-refractivity contribution is 5.76. The summed E-state index contributed by atoms with van der Waals surface area (Å²) in [7, 11) is 0.